The zero-order valence-electron chi connectivity index (χ0n) is 11.0. The molecule has 0 saturated carbocycles. The van der Waals surface area contributed by atoms with E-state index in [-0.39, 0.29) is 0 Å². The fraction of sp³-hybridized carbons (Fsp3) is 0.375. The Balaban J connectivity index is 1.94. The Kier molecular flexibility index (Phi) is 4.06. The molecule has 0 bridgehead atoms. The molecule has 0 spiro atoms. The van der Waals surface area contributed by atoms with Gasteiger partial charge in [0.1, 0.15) is 0 Å². The minimum absolute atomic E-state index is 0.600. The van der Waals surface area contributed by atoms with E-state index in [0.29, 0.717) is 11.8 Å². The normalized spacial score (nSPS) is 16.9. The molecule has 2 aromatic rings. The van der Waals surface area contributed by atoms with Crippen molar-refractivity contribution in [1.82, 2.24) is 0 Å². The van der Waals surface area contributed by atoms with E-state index in [0.717, 1.165) is 26.1 Å². The molecule has 0 aromatic heterocycles. The fourth-order valence-corrected chi connectivity index (χ4v) is 3.83. The van der Waals surface area contributed by atoms with Crippen LogP contribution in [0.25, 0.3) is 10.8 Å². The van der Waals surface area contributed by atoms with Crippen LogP contribution in [0.15, 0.2) is 41.3 Å². The molecule has 3 rings (SSSR count). The lowest BCUT2D eigenvalue weighted by Crippen LogP contribution is -2.17. The van der Waals surface area contributed by atoms with Crippen LogP contribution in [0.4, 0.5) is 0 Å². The van der Waals surface area contributed by atoms with Crippen LogP contribution < -0.4 is 5.73 Å². The van der Waals surface area contributed by atoms with E-state index in [2.05, 4.69) is 36.4 Å². The SMILES string of the molecule is NCc1ccc(SC2CCOCC2)c2ccccc12. The van der Waals surface area contributed by atoms with Crippen LogP contribution in [0.1, 0.15) is 18.4 Å². The number of rotatable bonds is 3. The quantitative estimate of drug-likeness (QED) is 0.928. The first kappa shape index (κ1) is 13.0. The third kappa shape index (κ3) is 2.78. The van der Waals surface area contributed by atoms with Gasteiger partial charge in [0, 0.05) is 29.9 Å². The zero-order valence-corrected chi connectivity index (χ0v) is 11.8. The van der Waals surface area contributed by atoms with Gasteiger partial charge in [-0.25, -0.2) is 0 Å². The van der Waals surface area contributed by atoms with Gasteiger partial charge in [0.05, 0.1) is 0 Å². The number of ether oxygens (including phenoxy) is 1. The molecule has 19 heavy (non-hydrogen) atoms. The van der Waals surface area contributed by atoms with Crippen molar-refractivity contribution in [2.45, 2.75) is 29.5 Å². The van der Waals surface area contributed by atoms with Crippen LogP contribution in [0.5, 0.6) is 0 Å². The summed E-state index contributed by atoms with van der Waals surface area (Å²) >= 11 is 1.99. The molecule has 1 saturated heterocycles. The first-order valence-corrected chi connectivity index (χ1v) is 7.71. The smallest absolute Gasteiger partial charge is 0.0476 e. The number of benzene rings is 2. The molecular weight excluding hydrogens is 254 g/mol. The first-order chi connectivity index (χ1) is 9.38. The van der Waals surface area contributed by atoms with Gasteiger partial charge in [-0.3, -0.25) is 0 Å². The molecule has 1 fully saturated rings. The molecule has 1 heterocycles. The molecule has 2 aromatic carbocycles. The second kappa shape index (κ2) is 5.95. The van der Waals surface area contributed by atoms with Crippen molar-refractivity contribution < 1.29 is 4.74 Å². The Bertz CT molecular complexity index is 564. The molecule has 0 aliphatic carbocycles. The Morgan fingerprint density at radius 2 is 1.79 bits per heavy atom. The summed E-state index contributed by atoms with van der Waals surface area (Å²) in [5.74, 6) is 0. The highest BCUT2D eigenvalue weighted by Crippen LogP contribution is 2.35. The summed E-state index contributed by atoms with van der Waals surface area (Å²) < 4.78 is 5.43. The van der Waals surface area contributed by atoms with Crippen molar-refractivity contribution in [2.24, 2.45) is 5.73 Å². The monoisotopic (exact) mass is 273 g/mol. The van der Waals surface area contributed by atoms with Crippen molar-refractivity contribution in [3.8, 4) is 0 Å². The standard InChI is InChI=1S/C16H19NOS/c17-11-12-5-6-16(15-4-2-1-3-14(12)15)19-13-7-9-18-10-8-13/h1-6,13H,7-11,17H2. The summed E-state index contributed by atoms with van der Waals surface area (Å²) in [4.78, 5) is 1.37. The van der Waals surface area contributed by atoms with Crippen molar-refractivity contribution in [2.75, 3.05) is 13.2 Å². The lowest BCUT2D eigenvalue weighted by Gasteiger charge is -2.22. The van der Waals surface area contributed by atoms with Crippen molar-refractivity contribution in [1.29, 1.82) is 0 Å². The Labute approximate surface area is 118 Å². The van der Waals surface area contributed by atoms with E-state index in [1.165, 1.54) is 21.2 Å². The van der Waals surface area contributed by atoms with Gasteiger partial charge in [0.15, 0.2) is 0 Å². The average Bonchev–Trinajstić information content (AvgIpc) is 2.49. The predicted molar refractivity (Wildman–Crippen MR) is 81.5 cm³/mol. The van der Waals surface area contributed by atoms with Crippen molar-refractivity contribution >= 4 is 22.5 Å². The van der Waals surface area contributed by atoms with Gasteiger partial charge in [-0.1, -0.05) is 30.3 Å². The minimum Gasteiger partial charge on any atom is -0.381 e. The van der Waals surface area contributed by atoms with Gasteiger partial charge in [-0.15, -0.1) is 11.8 Å². The lowest BCUT2D eigenvalue weighted by atomic mass is 10.0. The maximum atomic E-state index is 5.83. The summed E-state index contributed by atoms with van der Waals surface area (Å²) in [6, 6.07) is 13.0. The summed E-state index contributed by atoms with van der Waals surface area (Å²) in [5.41, 5.74) is 7.06. The number of thioether (sulfide) groups is 1. The van der Waals surface area contributed by atoms with E-state index in [1.54, 1.807) is 0 Å². The Morgan fingerprint density at radius 1 is 1.05 bits per heavy atom. The molecule has 100 valence electrons. The molecule has 0 unspecified atom stereocenters. The summed E-state index contributed by atoms with van der Waals surface area (Å²) in [5, 5.41) is 3.31. The minimum atomic E-state index is 0.600. The lowest BCUT2D eigenvalue weighted by molar-refractivity contribution is 0.100. The maximum absolute atomic E-state index is 5.83. The van der Waals surface area contributed by atoms with Gasteiger partial charge >= 0.3 is 0 Å². The highest BCUT2D eigenvalue weighted by molar-refractivity contribution is 8.00. The molecular formula is C16H19NOS. The first-order valence-electron chi connectivity index (χ1n) is 6.83. The van der Waals surface area contributed by atoms with E-state index in [9.17, 15) is 0 Å². The van der Waals surface area contributed by atoms with Gasteiger partial charge in [0.2, 0.25) is 0 Å². The largest absolute Gasteiger partial charge is 0.381 e. The van der Waals surface area contributed by atoms with Crippen LogP contribution >= 0.6 is 11.8 Å². The second-order valence-corrected chi connectivity index (χ2v) is 6.24. The average molecular weight is 273 g/mol. The summed E-state index contributed by atoms with van der Waals surface area (Å²) in [6.07, 6.45) is 2.30. The number of hydrogen-bond donors (Lipinski definition) is 1. The van der Waals surface area contributed by atoms with Crippen LogP contribution in [0.3, 0.4) is 0 Å². The number of fused-ring (bicyclic) bond motifs is 1. The second-order valence-electron chi connectivity index (χ2n) is 4.90. The molecule has 2 N–H and O–H groups in total. The highest BCUT2D eigenvalue weighted by Gasteiger charge is 2.16. The Hall–Kier alpha value is -1.03. The number of hydrogen-bond acceptors (Lipinski definition) is 3. The van der Waals surface area contributed by atoms with Gasteiger partial charge < -0.3 is 10.5 Å². The molecule has 0 amide bonds. The van der Waals surface area contributed by atoms with E-state index < -0.39 is 0 Å². The molecule has 3 heteroatoms. The van der Waals surface area contributed by atoms with Crippen LogP contribution in [0.2, 0.25) is 0 Å². The Morgan fingerprint density at radius 3 is 2.53 bits per heavy atom. The highest BCUT2D eigenvalue weighted by atomic mass is 32.2. The van der Waals surface area contributed by atoms with E-state index in [4.69, 9.17) is 10.5 Å². The topological polar surface area (TPSA) is 35.2 Å². The molecule has 1 aliphatic rings. The third-order valence-electron chi connectivity index (χ3n) is 3.66. The predicted octanol–water partition coefficient (Wildman–Crippen LogP) is 3.57. The maximum Gasteiger partial charge on any atom is 0.0476 e. The molecule has 0 radical (unpaired) electrons. The third-order valence-corrected chi connectivity index (χ3v) is 5.07. The summed E-state index contributed by atoms with van der Waals surface area (Å²) in [7, 11) is 0. The van der Waals surface area contributed by atoms with Crippen LogP contribution in [-0.2, 0) is 11.3 Å². The van der Waals surface area contributed by atoms with Gasteiger partial charge in [-0.05, 0) is 35.2 Å². The molecule has 1 aliphatic heterocycles. The fourth-order valence-electron chi connectivity index (χ4n) is 2.59. The van der Waals surface area contributed by atoms with E-state index in [1.807, 2.05) is 11.8 Å². The molecule has 0 atom stereocenters. The zero-order chi connectivity index (χ0) is 13.1. The van der Waals surface area contributed by atoms with E-state index >= 15 is 0 Å². The van der Waals surface area contributed by atoms with Crippen molar-refractivity contribution in [3.05, 3.63) is 42.0 Å². The number of nitrogens with two attached hydrogens (primary N) is 1. The van der Waals surface area contributed by atoms with Gasteiger partial charge in [0.25, 0.3) is 0 Å². The molecule has 2 nitrogen and oxygen atoms in total. The van der Waals surface area contributed by atoms with Crippen LogP contribution in [0, 0.1) is 0 Å². The van der Waals surface area contributed by atoms with Crippen molar-refractivity contribution in [3.63, 3.8) is 0 Å². The van der Waals surface area contributed by atoms with Gasteiger partial charge in [-0.2, -0.15) is 0 Å². The summed E-state index contributed by atoms with van der Waals surface area (Å²) in [6.45, 7) is 2.40. The van der Waals surface area contributed by atoms with Crippen LogP contribution in [-0.4, -0.2) is 18.5 Å².